The Bertz CT molecular complexity index is 534. The zero-order chi connectivity index (χ0) is 12.6. The van der Waals surface area contributed by atoms with Crippen molar-refractivity contribution in [3.8, 4) is 0 Å². The maximum absolute atomic E-state index is 13.2. The van der Waals surface area contributed by atoms with E-state index in [1.165, 1.54) is 12.1 Å². The van der Waals surface area contributed by atoms with Crippen LogP contribution >= 0.6 is 15.9 Å². The van der Waals surface area contributed by atoms with Crippen molar-refractivity contribution in [2.75, 3.05) is 0 Å². The Kier molecular flexibility index (Phi) is 3.31. The predicted octanol–water partition coefficient (Wildman–Crippen LogP) is 2.71. The molecule has 0 saturated heterocycles. The standard InChI is InChI=1S/C12H12BrFN2O/c1-7-3-4-8(14)5-9(7)12(17)11-10(13)6-15-16(11)2/h3-6,12,17H,1-2H3. The summed E-state index contributed by atoms with van der Waals surface area (Å²) in [7, 11) is 1.73. The number of aliphatic hydroxyl groups excluding tert-OH is 1. The van der Waals surface area contributed by atoms with Gasteiger partial charge in [-0.25, -0.2) is 4.39 Å². The number of aryl methyl sites for hydroxylation is 2. The van der Waals surface area contributed by atoms with Crippen LogP contribution < -0.4 is 0 Å². The minimum atomic E-state index is -0.896. The zero-order valence-electron chi connectivity index (χ0n) is 9.48. The molecule has 0 radical (unpaired) electrons. The van der Waals surface area contributed by atoms with Crippen LogP contribution in [-0.4, -0.2) is 14.9 Å². The molecule has 2 rings (SSSR count). The van der Waals surface area contributed by atoms with E-state index in [4.69, 9.17) is 0 Å². The van der Waals surface area contributed by atoms with Crippen LogP contribution in [0.25, 0.3) is 0 Å². The molecule has 1 heterocycles. The average molecular weight is 299 g/mol. The first kappa shape index (κ1) is 12.3. The molecular weight excluding hydrogens is 287 g/mol. The largest absolute Gasteiger partial charge is 0.382 e. The lowest BCUT2D eigenvalue weighted by Gasteiger charge is -2.15. The van der Waals surface area contributed by atoms with Gasteiger partial charge in [0, 0.05) is 7.05 Å². The summed E-state index contributed by atoms with van der Waals surface area (Å²) < 4.78 is 15.5. The highest BCUT2D eigenvalue weighted by molar-refractivity contribution is 9.10. The molecule has 1 aromatic carbocycles. The van der Waals surface area contributed by atoms with E-state index < -0.39 is 6.10 Å². The van der Waals surface area contributed by atoms with E-state index in [1.54, 1.807) is 24.0 Å². The lowest BCUT2D eigenvalue weighted by atomic mass is 10.0. The summed E-state index contributed by atoms with van der Waals surface area (Å²) in [4.78, 5) is 0. The smallest absolute Gasteiger partial charge is 0.123 e. The first-order chi connectivity index (χ1) is 8.00. The second kappa shape index (κ2) is 4.58. The van der Waals surface area contributed by atoms with E-state index in [1.807, 2.05) is 6.92 Å². The summed E-state index contributed by atoms with van der Waals surface area (Å²) in [5.74, 6) is -0.358. The molecule has 1 N–H and O–H groups in total. The van der Waals surface area contributed by atoms with Gasteiger partial charge in [0.1, 0.15) is 11.9 Å². The third kappa shape index (κ3) is 2.25. The van der Waals surface area contributed by atoms with Gasteiger partial charge in [0.25, 0.3) is 0 Å². The molecule has 90 valence electrons. The van der Waals surface area contributed by atoms with Gasteiger partial charge in [0.2, 0.25) is 0 Å². The topological polar surface area (TPSA) is 38.1 Å². The van der Waals surface area contributed by atoms with Crippen molar-refractivity contribution in [3.05, 3.63) is 51.5 Å². The molecule has 3 nitrogen and oxygen atoms in total. The molecule has 0 fully saturated rings. The van der Waals surface area contributed by atoms with Crippen LogP contribution in [0.1, 0.15) is 22.9 Å². The summed E-state index contributed by atoms with van der Waals surface area (Å²) in [5.41, 5.74) is 2.00. The first-order valence-electron chi connectivity index (χ1n) is 5.12. The highest BCUT2D eigenvalue weighted by atomic mass is 79.9. The van der Waals surface area contributed by atoms with Crippen LogP contribution in [-0.2, 0) is 7.05 Å². The Morgan fingerprint density at radius 3 is 2.76 bits per heavy atom. The SMILES string of the molecule is Cc1ccc(F)cc1C(O)c1c(Br)cnn1C. The van der Waals surface area contributed by atoms with Crippen molar-refractivity contribution in [2.24, 2.45) is 7.05 Å². The highest BCUT2D eigenvalue weighted by Gasteiger charge is 2.20. The number of aliphatic hydroxyl groups is 1. The Morgan fingerprint density at radius 2 is 2.18 bits per heavy atom. The van der Waals surface area contributed by atoms with E-state index in [2.05, 4.69) is 21.0 Å². The van der Waals surface area contributed by atoms with E-state index in [0.29, 0.717) is 15.7 Å². The maximum Gasteiger partial charge on any atom is 0.123 e. The van der Waals surface area contributed by atoms with E-state index in [-0.39, 0.29) is 5.82 Å². The van der Waals surface area contributed by atoms with Gasteiger partial charge in [0.05, 0.1) is 16.4 Å². The summed E-state index contributed by atoms with van der Waals surface area (Å²) in [5, 5.41) is 14.3. The van der Waals surface area contributed by atoms with Crippen LogP contribution in [0.3, 0.4) is 0 Å². The number of hydrogen-bond acceptors (Lipinski definition) is 2. The molecule has 5 heteroatoms. The molecule has 17 heavy (non-hydrogen) atoms. The summed E-state index contributed by atoms with van der Waals surface area (Å²) in [6.07, 6.45) is 0.709. The molecular formula is C12H12BrFN2O. The van der Waals surface area contributed by atoms with Crippen molar-refractivity contribution < 1.29 is 9.50 Å². The number of nitrogens with zero attached hydrogens (tertiary/aromatic N) is 2. The third-order valence-electron chi connectivity index (χ3n) is 2.73. The molecule has 2 aromatic rings. The van der Waals surface area contributed by atoms with Gasteiger partial charge < -0.3 is 5.11 Å². The Balaban J connectivity index is 2.50. The van der Waals surface area contributed by atoms with Gasteiger partial charge in [-0.3, -0.25) is 4.68 Å². The molecule has 0 amide bonds. The van der Waals surface area contributed by atoms with Gasteiger partial charge in [0.15, 0.2) is 0 Å². The van der Waals surface area contributed by atoms with Gasteiger partial charge in [-0.05, 0) is 46.1 Å². The monoisotopic (exact) mass is 298 g/mol. The number of rotatable bonds is 2. The van der Waals surface area contributed by atoms with Crippen molar-refractivity contribution in [3.63, 3.8) is 0 Å². The van der Waals surface area contributed by atoms with Crippen molar-refractivity contribution in [1.82, 2.24) is 9.78 Å². The Morgan fingerprint density at radius 1 is 1.47 bits per heavy atom. The maximum atomic E-state index is 13.2. The number of benzene rings is 1. The van der Waals surface area contributed by atoms with Crippen LogP contribution in [0.5, 0.6) is 0 Å². The summed E-state index contributed by atoms with van der Waals surface area (Å²) >= 11 is 3.32. The molecule has 1 aromatic heterocycles. The fourth-order valence-corrected chi connectivity index (χ4v) is 2.35. The lowest BCUT2D eigenvalue weighted by Crippen LogP contribution is -2.09. The Labute approximate surface area is 107 Å². The molecule has 1 atom stereocenters. The van der Waals surface area contributed by atoms with Crippen LogP contribution in [0, 0.1) is 12.7 Å². The molecule has 0 aliphatic heterocycles. The van der Waals surface area contributed by atoms with E-state index in [0.717, 1.165) is 5.56 Å². The van der Waals surface area contributed by atoms with Crippen molar-refractivity contribution in [1.29, 1.82) is 0 Å². The van der Waals surface area contributed by atoms with E-state index in [9.17, 15) is 9.50 Å². The van der Waals surface area contributed by atoms with Gasteiger partial charge >= 0.3 is 0 Å². The van der Waals surface area contributed by atoms with Gasteiger partial charge in [-0.15, -0.1) is 0 Å². The fourth-order valence-electron chi connectivity index (χ4n) is 1.78. The number of hydrogen-bond donors (Lipinski definition) is 1. The van der Waals surface area contributed by atoms with Crippen LogP contribution in [0.15, 0.2) is 28.9 Å². The molecule has 0 saturated carbocycles. The second-order valence-electron chi connectivity index (χ2n) is 3.90. The summed E-state index contributed by atoms with van der Waals surface area (Å²) in [6.45, 7) is 1.84. The van der Waals surface area contributed by atoms with Crippen molar-refractivity contribution in [2.45, 2.75) is 13.0 Å². The quantitative estimate of drug-likeness (QED) is 0.926. The Hall–Kier alpha value is -1.20. The predicted molar refractivity (Wildman–Crippen MR) is 66.1 cm³/mol. The molecule has 0 spiro atoms. The molecule has 0 aliphatic rings. The number of aromatic nitrogens is 2. The van der Waals surface area contributed by atoms with E-state index >= 15 is 0 Å². The zero-order valence-corrected chi connectivity index (χ0v) is 11.1. The first-order valence-corrected chi connectivity index (χ1v) is 5.91. The minimum Gasteiger partial charge on any atom is -0.382 e. The summed E-state index contributed by atoms with van der Waals surface area (Å²) in [6, 6.07) is 4.38. The number of halogens is 2. The van der Waals surface area contributed by atoms with Crippen molar-refractivity contribution >= 4 is 15.9 Å². The van der Waals surface area contributed by atoms with Gasteiger partial charge in [-0.1, -0.05) is 6.07 Å². The third-order valence-corrected chi connectivity index (χ3v) is 3.34. The minimum absolute atomic E-state index is 0.358. The van der Waals surface area contributed by atoms with Crippen LogP contribution in [0.4, 0.5) is 4.39 Å². The second-order valence-corrected chi connectivity index (χ2v) is 4.76. The normalized spacial score (nSPS) is 12.8. The molecule has 0 aliphatic carbocycles. The average Bonchev–Trinajstić information content (AvgIpc) is 2.61. The van der Waals surface area contributed by atoms with Crippen LogP contribution in [0.2, 0.25) is 0 Å². The van der Waals surface area contributed by atoms with Gasteiger partial charge in [-0.2, -0.15) is 5.10 Å². The fraction of sp³-hybridized carbons (Fsp3) is 0.250. The molecule has 0 bridgehead atoms. The lowest BCUT2D eigenvalue weighted by molar-refractivity contribution is 0.207. The highest BCUT2D eigenvalue weighted by Crippen LogP contribution is 2.30. The molecule has 1 unspecified atom stereocenters.